The van der Waals surface area contributed by atoms with Crippen LogP contribution < -0.4 is 0 Å². The number of alkyl halides is 2. The number of ketones is 1. The van der Waals surface area contributed by atoms with Gasteiger partial charge in [-0.2, -0.15) is 13.8 Å². The maximum absolute atomic E-state index is 12.6. The van der Waals surface area contributed by atoms with Crippen molar-refractivity contribution in [1.82, 2.24) is 10.1 Å². The molecule has 0 amide bonds. The summed E-state index contributed by atoms with van der Waals surface area (Å²) >= 11 is 0. The maximum Gasteiger partial charge on any atom is 0.315 e. The minimum absolute atomic E-state index is 0.0374. The molecule has 1 unspecified atom stereocenters. The lowest BCUT2D eigenvalue weighted by Gasteiger charge is -2.13. The Hall–Kier alpha value is -2.15. The maximum atomic E-state index is 12.6. The van der Waals surface area contributed by atoms with Gasteiger partial charge in [-0.05, 0) is 42.4 Å². The van der Waals surface area contributed by atoms with Crippen molar-refractivity contribution in [3.05, 3.63) is 35.2 Å². The first kappa shape index (κ1) is 16.3. The molecule has 25 heavy (non-hydrogen) atoms. The van der Waals surface area contributed by atoms with Gasteiger partial charge in [0, 0.05) is 24.5 Å². The average Bonchev–Trinajstić information content (AvgIpc) is 3.35. The summed E-state index contributed by atoms with van der Waals surface area (Å²) in [5.74, 6) is 0.0344. The number of halogens is 2. The molecule has 2 aliphatic rings. The summed E-state index contributed by atoms with van der Waals surface area (Å²) in [6.45, 7) is 1.22. The van der Waals surface area contributed by atoms with Crippen LogP contribution in [0.1, 0.15) is 48.6 Å². The highest BCUT2D eigenvalue weighted by Crippen LogP contribution is 2.38. The molecule has 2 atom stereocenters. The van der Waals surface area contributed by atoms with Crippen LogP contribution in [0.2, 0.25) is 0 Å². The smallest absolute Gasteiger partial charge is 0.315 e. The zero-order valence-electron chi connectivity index (χ0n) is 13.6. The van der Waals surface area contributed by atoms with Crippen LogP contribution in [0.15, 0.2) is 22.7 Å². The summed E-state index contributed by atoms with van der Waals surface area (Å²) in [4.78, 5) is 16.1. The second-order valence-electron chi connectivity index (χ2n) is 6.64. The fourth-order valence-corrected chi connectivity index (χ4v) is 3.70. The van der Waals surface area contributed by atoms with Crippen molar-refractivity contribution in [2.75, 3.05) is 13.2 Å². The van der Waals surface area contributed by atoms with E-state index in [1.807, 2.05) is 12.1 Å². The molecule has 132 valence electrons. The average molecular weight is 348 g/mol. The van der Waals surface area contributed by atoms with Gasteiger partial charge >= 0.3 is 6.43 Å². The molecule has 4 rings (SSSR count). The van der Waals surface area contributed by atoms with Crippen molar-refractivity contribution in [2.24, 2.45) is 5.92 Å². The summed E-state index contributed by atoms with van der Waals surface area (Å²) in [6, 6.07) is 5.68. The fourth-order valence-electron chi connectivity index (χ4n) is 3.70. The zero-order valence-corrected chi connectivity index (χ0v) is 13.6. The van der Waals surface area contributed by atoms with Gasteiger partial charge in [0.1, 0.15) is 5.78 Å². The second-order valence-corrected chi connectivity index (χ2v) is 6.64. The zero-order chi connectivity index (χ0) is 17.4. The van der Waals surface area contributed by atoms with E-state index in [4.69, 9.17) is 4.74 Å². The number of carbonyl (C=O) groups is 1. The summed E-state index contributed by atoms with van der Waals surface area (Å²) in [6.07, 6.45) is 0.375. The number of nitrogens with zero attached hydrogens (tertiary/aromatic N) is 2. The van der Waals surface area contributed by atoms with Crippen LogP contribution in [-0.4, -0.2) is 29.1 Å². The number of rotatable bonds is 5. The Morgan fingerprint density at radius 3 is 2.92 bits per heavy atom. The first-order valence-electron chi connectivity index (χ1n) is 8.47. The molecule has 0 spiro atoms. The summed E-state index contributed by atoms with van der Waals surface area (Å²) in [5.41, 5.74) is 2.94. The van der Waals surface area contributed by atoms with Gasteiger partial charge in [-0.25, -0.2) is 0 Å². The Morgan fingerprint density at radius 2 is 2.20 bits per heavy atom. The number of aryl methyl sites for hydroxylation is 1. The summed E-state index contributed by atoms with van der Waals surface area (Å²) < 4.78 is 35.0. The lowest BCUT2D eigenvalue weighted by molar-refractivity contribution is -0.123. The molecule has 1 aliphatic carbocycles. The summed E-state index contributed by atoms with van der Waals surface area (Å²) in [5, 5.41) is 3.62. The number of Topliss-reactive ketones (excluding diaryl/α,β-unsaturated/α-hetero) is 1. The lowest BCUT2D eigenvalue weighted by Crippen LogP contribution is -2.16. The molecule has 0 saturated carbocycles. The highest BCUT2D eigenvalue weighted by molar-refractivity contribution is 5.82. The Morgan fingerprint density at radius 1 is 1.32 bits per heavy atom. The number of benzene rings is 1. The van der Waals surface area contributed by atoms with Crippen molar-refractivity contribution in [2.45, 2.75) is 38.0 Å². The first-order valence-corrected chi connectivity index (χ1v) is 8.47. The van der Waals surface area contributed by atoms with Gasteiger partial charge in [-0.3, -0.25) is 4.79 Å². The first-order chi connectivity index (χ1) is 12.1. The van der Waals surface area contributed by atoms with Crippen LogP contribution in [0.3, 0.4) is 0 Å². The molecule has 0 radical (unpaired) electrons. The predicted octanol–water partition coefficient (Wildman–Crippen LogP) is 3.70. The van der Waals surface area contributed by atoms with Crippen LogP contribution >= 0.6 is 0 Å². The van der Waals surface area contributed by atoms with E-state index in [9.17, 15) is 13.6 Å². The monoisotopic (exact) mass is 348 g/mol. The molecule has 0 bridgehead atoms. The van der Waals surface area contributed by atoms with Crippen LogP contribution in [0.5, 0.6) is 0 Å². The number of fused-ring (bicyclic) bond motifs is 1. The third kappa shape index (κ3) is 3.20. The van der Waals surface area contributed by atoms with Gasteiger partial charge in [0.05, 0.1) is 6.61 Å². The van der Waals surface area contributed by atoms with Crippen molar-refractivity contribution in [1.29, 1.82) is 0 Å². The number of hydrogen-bond acceptors (Lipinski definition) is 5. The predicted molar refractivity (Wildman–Crippen MR) is 84.3 cm³/mol. The SMILES string of the molecule is O=C(C[C@@H]1CCc2cc(-c3noc(C(F)F)n3)ccc21)C1CCOC1. The molecular weight excluding hydrogens is 330 g/mol. The topological polar surface area (TPSA) is 65.2 Å². The van der Waals surface area contributed by atoms with E-state index in [-0.39, 0.29) is 23.4 Å². The number of hydrogen-bond donors (Lipinski definition) is 0. The van der Waals surface area contributed by atoms with Gasteiger partial charge in [0.15, 0.2) is 0 Å². The summed E-state index contributed by atoms with van der Waals surface area (Å²) in [7, 11) is 0. The van der Waals surface area contributed by atoms with E-state index in [2.05, 4.69) is 14.7 Å². The quantitative estimate of drug-likeness (QED) is 0.824. The van der Waals surface area contributed by atoms with Gasteiger partial charge in [0.25, 0.3) is 5.89 Å². The van der Waals surface area contributed by atoms with Crippen LogP contribution in [0, 0.1) is 5.92 Å². The highest BCUT2D eigenvalue weighted by Gasteiger charge is 2.30. The Labute approximate surface area is 143 Å². The second kappa shape index (κ2) is 6.63. The van der Waals surface area contributed by atoms with Gasteiger partial charge < -0.3 is 9.26 Å². The van der Waals surface area contributed by atoms with E-state index < -0.39 is 12.3 Å². The molecule has 0 N–H and O–H groups in total. The molecule has 1 aliphatic heterocycles. The third-order valence-corrected chi connectivity index (χ3v) is 5.06. The van der Waals surface area contributed by atoms with Crippen molar-refractivity contribution >= 4 is 5.78 Å². The van der Waals surface area contributed by atoms with Crippen LogP contribution in [-0.2, 0) is 16.0 Å². The molecule has 1 saturated heterocycles. The minimum Gasteiger partial charge on any atom is -0.381 e. The number of carbonyl (C=O) groups excluding carboxylic acids is 1. The van der Waals surface area contributed by atoms with E-state index in [1.165, 1.54) is 0 Å². The Kier molecular flexibility index (Phi) is 4.33. The molecule has 2 heterocycles. The van der Waals surface area contributed by atoms with E-state index in [0.717, 1.165) is 30.4 Å². The van der Waals surface area contributed by atoms with Crippen LogP contribution in [0.25, 0.3) is 11.4 Å². The Bertz CT molecular complexity index is 784. The minimum atomic E-state index is -2.77. The van der Waals surface area contributed by atoms with Crippen molar-refractivity contribution in [3.8, 4) is 11.4 Å². The number of aromatic nitrogens is 2. The lowest BCUT2D eigenvalue weighted by atomic mass is 9.90. The van der Waals surface area contributed by atoms with Crippen molar-refractivity contribution in [3.63, 3.8) is 0 Å². The molecule has 1 fully saturated rings. The van der Waals surface area contributed by atoms with Gasteiger partial charge in [-0.1, -0.05) is 17.3 Å². The Balaban J connectivity index is 1.50. The molecule has 7 heteroatoms. The molecule has 2 aromatic rings. The van der Waals surface area contributed by atoms with Gasteiger partial charge in [0.2, 0.25) is 5.82 Å². The highest BCUT2D eigenvalue weighted by atomic mass is 19.3. The van der Waals surface area contributed by atoms with E-state index in [0.29, 0.717) is 25.2 Å². The normalized spacial score (nSPS) is 22.5. The largest absolute Gasteiger partial charge is 0.381 e. The molecule has 1 aromatic heterocycles. The van der Waals surface area contributed by atoms with E-state index in [1.54, 1.807) is 6.07 Å². The fraction of sp³-hybridized carbons (Fsp3) is 0.500. The third-order valence-electron chi connectivity index (χ3n) is 5.06. The van der Waals surface area contributed by atoms with E-state index >= 15 is 0 Å². The van der Waals surface area contributed by atoms with Gasteiger partial charge in [-0.15, -0.1) is 0 Å². The molecular formula is C18H18F2N2O3. The van der Waals surface area contributed by atoms with Crippen LogP contribution in [0.4, 0.5) is 8.78 Å². The molecule has 5 nitrogen and oxygen atoms in total. The standard InChI is InChI=1S/C18H18F2N2O3/c19-16(20)18-21-17(22-25-18)12-3-4-14-10(7-12)1-2-11(14)8-15(23)13-5-6-24-9-13/h3-4,7,11,13,16H,1-2,5-6,8-9H2/t11-,13?/m0/s1. The van der Waals surface area contributed by atoms with Crippen molar-refractivity contribution < 1.29 is 22.8 Å². The molecule has 1 aromatic carbocycles. The number of ether oxygens (including phenoxy) is 1.